The average Bonchev–Trinajstić information content (AvgIpc) is 3.46. The van der Waals surface area contributed by atoms with E-state index in [-0.39, 0.29) is 17.4 Å². The molecule has 1 fully saturated rings. The quantitative estimate of drug-likeness (QED) is 0.355. The molecule has 0 aliphatic carbocycles. The van der Waals surface area contributed by atoms with Gasteiger partial charge in [0.05, 0.1) is 16.5 Å². The Morgan fingerprint density at radius 2 is 1.81 bits per heavy atom. The highest BCUT2D eigenvalue weighted by Gasteiger charge is 2.26. The van der Waals surface area contributed by atoms with Crippen molar-refractivity contribution in [3.63, 3.8) is 0 Å². The van der Waals surface area contributed by atoms with Crippen molar-refractivity contribution in [2.45, 2.75) is 0 Å². The Balaban J connectivity index is 1.27. The van der Waals surface area contributed by atoms with Crippen molar-refractivity contribution in [2.24, 2.45) is 7.05 Å². The third-order valence-corrected chi connectivity index (χ3v) is 5.55. The molecule has 1 aromatic carbocycles. The largest absolute Gasteiger partial charge is 0.451 e. The van der Waals surface area contributed by atoms with Gasteiger partial charge in [0.2, 0.25) is 0 Å². The van der Waals surface area contributed by atoms with E-state index in [0.717, 1.165) is 16.9 Å². The number of fused-ring (bicyclic) bond motifs is 1. The molecule has 0 spiro atoms. The molecule has 4 aromatic rings. The normalized spacial score (nSPS) is 14.2. The third kappa shape index (κ3) is 3.43. The van der Waals surface area contributed by atoms with Crippen molar-refractivity contribution < 1.29 is 14.1 Å². The van der Waals surface area contributed by atoms with E-state index in [1.54, 1.807) is 40.0 Å². The monoisotopic (exact) mass is 433 g/mol. The van der Waals surface area contributed by atoms with Crippen LogP contribution in [0.15, 0.2) is 53.3 Å². The van der Waals surface area contributed by atoms with Crippen LogP contribution in [0.5, 0.6) is 0 Å². The van der Waals surface area contributed by atoms with E-state index in [2.05, 4.69) is 20.0 Å². The molecule has 1 saturated heterocycles. The lowest BCUT2D eigenvalue weighted by molar-refractivity contribution is -0.384. The first kappa shape index (κ1) is 19.7. The van der Waals surface area contributed by atoms with Gasteiger partial charge >= 0.3 is 0 Å². The maximum Gasteiger partial charge on any atom is 0.289 e. The number of aryl methyl sites for hydroxylation is 1. The smallest absolute Gasteiger partial charge is 0.289 e. The van der Waals surface area contributed by atoms with Gasteiger partial charge in [-0.25, -0.2) is 9.97 Å². The molecule has 1 aliphatic rings. The van der Waals surface area contributed by atoms with E-state index in [0.29, 0.717) is 37.5 Å². The number of aromatic nitrogens is 4. The third-order valence-electron chi connectivity index (χ3n) is 5.55. The molecule has 5 rings (SSSR count). The van der Waals surface area contributed by atoms with Gasteiger partial charge < -0.3 is 14.2 Å². The van der Waals surface area contributed by atoms with Crippen LogP contribution in [0.25, 0.3) is 22.4 Å². The summed E-state index contributed by atoms with van der Waals surface area (Å²) in [5.41, 5.74) is 1.44. The number of hydrogen-bond acceptors (Lipinski definition) is 8. The van der Waals surface area contributed by atoms with Crippen molar-refractivity contribution in [3.8, 4) is 11.3 Å². The van der Waals surface area contributed by atoms with Gasteiger partial charge in [-0.1, -0.05) is 0 Å². The van der Waals surface area contributed by atoms with Crippen molar-refractivity contribution in [1.29, 1.82) is 0 Å². The molecule has 3 aromatic heterocycles. The zero-order valence-corrected chi connectivity index (χ0v) is 17.2. The highest BCUT2D eigenvalue weighted by molar-refractivity contribution is 5.92. The SMILES string of the molecule is Cn1ncc2c(N3CCN(C(=O)c4ccc(-c5ccc([N+](=O)[O-])cc5)o4)CC3)ncnc21. The van der Waals surface area contributed by atoms with Crippen LogP contribution in [-0.2, 0) is 7.05 Å². The number of furan rings is 1. The first-order valence-electron chi connectivity index (χ1n) is 10.0. The summed E-state index contributed by atoms with van der Waals surface area (Å²) in [6, 6.07) is 9.35. The molecule has 11 heteroatoms. The van der Waals surface area contributed by atoms with Crippen LogP contribution in [-0.4, -0.2) is 61.7 Å². The predicted molar refractivity (Wildman–Crippen MR) is 115 cm³/mol. The molecule has 4 heterocycles. The number of nitrogens with zero attached hydrogens (tertiary/aromatic N) is 7. The summed E-state index contributed by atoms with van der Waals surface area (Å²) in [6.07, 6.45) is 3.28. The molecule has 32 heavy (non-hydrogen) atoms. The lowest BCUT2D eigenvalue weighted by Crippen LogP contribution is -2.49. The van der Waals surface area contributed by atoms with Crippen LogP contribution in [0, 0.1) is 10.1 Å². The van der Waals surface area contributed by atoms with Gasteiger partial charge in [0.15, 0.2) is 11.4 Å². The molecule has 162 valence electrons. The lowest BCUT2D eigenvalue weighted by Gasteiger charge is -2.35. The van der Waals surface area contributed by atoms with E-state index in [1.807, 2.05) is 7.05 Å². The van der Waals surface area contributed by atoms with Crippen LogP contribution >= 0.6 is 0 Å². The summed E-state index contributed by atoms with van der Waals surface area (Å²) in [7, 11) is 1.84. The number of nitro benzene ring substituents is 1. The number of non-ortho nitro benzene ring substituents is 1. The number of amides is 1. The Bertz CT molecular complexity index is 1300. The first-order valence-corrected chi connectivity index (χ1v) is 10.0. The molecule has 0 bridgehead atoms. The molecule has 0 atom stereocenters. The molecular weight excluding hydrogens is 414 g/mol. The Morgan fingerprint density at radius 1 is 1.06 bits per heavy atom. The molecule has 1 amide bonds. The maximum atomic E-state index is 12.9. The highest BCUT2D eigenvalue weighted by Crippen LogP contribution is 2.26. The number of rotatable bonds is 4. The Morgan fingerprint density at radius 3 is 2.53 bits per heavy atom. The van der Waals surface area contributed by atoms with Gasteiger partial charge in [-0.15, -0.1) is 0 Å². The second kappa shape index (κ2) is 7.76. The summed E-state index contributed by atoms with van der Waals surface area (Å²) < 4.78 is 7.46. The van der Waals surface area contributed by atoms with E-state index in [9.17, 15) is 14.9 Å². The van der Waals surface area contributed by atoms with Gasteiger partial charge in [0.25, 0.3) is 11.6 Å². The summed E-state index contributed by atoms with van der Waals surface area (Å²) in [6.45, 7) is 2.31. The first-order chi connectivity index (χ1) is 15.5. The van der Waals surface area contributed by atoms with Crippen LogP contribution in [0.4, 0.5) is 11.5 Å². The van der Waals surface area contributed by atoms with Crippen LogP contribution in [0.2, 0.25) is 0 Å². The number of carbonyl (C=O) groups is 1. The van der Waals surface area contributed by atoms with Gasteiger partial charge in [-0.2, -0.15) is 5.10 Å². The molecule has 11 nitrogen and oxygen atoms in total. The molecular formula is C21H19N7O4. The van der Waals surface area contributed by atoms with Crippen LogP contribution in [0.3, 0.4) is 0 Å². The fourth-order valence-electron chi connectivity index (χ4n) is 3.83. The zero-order chi connectivity index (χ0) is 22.2. The minimum Gasteiger partial charge on any atom is -0.451 e. The van der Waals surface area contributed by atoms with Gasteiger partial charge in [-0.05, 0) is 24.3 Å². The topological polar surface area (TPSA) is 123 Å². The van der Waals surface area contributed by atoms with Crippen molar-refractivity contribution in [1.82, 2.24) is 24.6 Å². The number of nitro groups is 1. The molecule has 0 N–H and O–H groups in total. The lowest BCUT2D eigenvalue weighted by atomic mass is 10.1. The second-order valence-electron chi connectivity index (χ2n) is 7.45. The van der Waals surface area contributed by atoms with E-state index >= 15 is 0 Å². The molecule has 0 radical (unpaired) electrons. The average molecular weight is 433 g/mol. The fourth-order valence-corrected chi connectivity index (χ4v) is 3.83. The predicted octanol–water partition coefficient (Wildman–Crippen LogP) is 2.49. The summed E-state index contributed by atoms with van der Waals surface area (Å²) in [5, 5.41) is 15.9. The minimum atomic E-state index is -0.457. The van der Waals surface area contributed by atoms with Gasteiger partial charge in [-0.3, -0.25) is 19.6 Å². The summed E-state index contributed by atoms with van der Waals surface area (Å²) in [4.78, 5) is 35.9. The second-order valence-corrected chi connectivity index (χ2v) is 7.45. The summed E-state index contributed by atoms with van der Waals surface area (Å²) >= 11 is 0. The van der Waals surface area contributed by atoms with Crippen molar-refractivity contribution >= 4 is 28.4 Å². The van der Waals surface area contributed by atoms with E-state index in [4.69, 9.17) is 4.42 Å². The van der Waals surface area contributed by atoms with Crippen LogP contribution < -0.4 is 4.90 Å². The number of benzene rings is 1. The van der Waals surface area contributed by atoms with Gasteiger partial charge in [0, 0.05) is 50.9 Å². The Labute approximate surface area is 182 Å². The summed E-state index contributed by atoms with van der Waals surface area (Å²) in [5.74, 6) is 1.35. The number of piperazine rings is 1. The molecule has 0 saturated carbocycles. The highest BCUT2D eigenvalue weighted by atomic mass is 16.6. The van der Waals surface area contributed by atoms with Crippen LogP contribution in [0.1, 0.15) is 10.6 Å². The molecule has 1 aliphatic heterocycles. The Hall–Kier alpha value is -4.28. The number of anilines is 1. The van der Waals surface area contributed by atoms with Crippen molar-refractivity contribution in [2.75, 3.05) is 31.1 Å². The number of carbonyl (C=O) groups excluding carboxylic acids is 1. The number of hydrogen-bond donors (Lipinski definition) is 0. The minimum absolute atomic E-state index is 0.00160. The maximum absolute atomic E-state index is 12.9. The van der Waals surface area contributed by atoms with E-state index in [1.165, 1.54) is 18.5 Å². The zero-order valence-electron chi connectivity index (χ0n) is 17.2. The Kier molecular flexibility index (Phi) is 4.77. The fraction of sp³-hybridized carbons (Fsp3) is 0.238. The van der Waals surface area contributed by atoms with Gasteiger partial charge in [0.1, 0.15) is 17.9 Å². The standard InChI is InChI=1S/C21H19N7O4/c1-25-19-16(12-24-25)20(23-13-22-19)26-8-10-27(11-9-26)21(29)18-7-6-17(32-18)14-2-4-15(5-3-14)28(30)31/h2-7,12-13H,8-11H2,1H3. The van der Waals surface area contributed by atoms with E-state index < -0.39 is 4.92 Å². The van der Waals surface area contributed by atoms with Crippen molar-refractivity contribution in [3.05, 3.63) is 64.8 Å². The molecule has 0 unspecified atom stereocenters.